The summed E-state index contributed by atoms with van der Waals surface area (Å²) in [4.78, 5) is 0. The van der Waals surface area contributed by atoms with Gasteiger partial charge in [0.1, 0.15) is 0 Å². The van der Waals surface area contributed by atoms with Crippen molar-refractivity contribution in [1.82, 2.24) is 5.32 Å². The molecule has 0 aromatic carbocycles. The molecule has 0 spiro atoms. The Morgan fingerprint density at radius 2 is 1.85 bits per heavy atom. The molecule has 1 nitrogen and oxygen atoms in total. The molecule has 1 unspecified atom stereocenters. The van der Waals surface area contributed by atoms with Gasteiger partial charge < -0.3 is 5.32 Å². The summed E-state index contributed by atoms with van der Waals surface area (Å²) in [6.07, 6.45) is 3.40. The summed E-state index contributed by atoms with van der Waals surface area (Å²) in [5.74, 6) is 0.739. The molecule has 80 valence electrons. The minimum Gasteiger partial charge on any atom is -0.312 e. The van der Waals surface area contributed by atoms with Crippen LogP contribution in [0.15, 0.2) is 0 Å². The molecule has 0 aliphatic heterocycles. The van der Waals surface area contributed by atoms with E-state index in [-0.39, 0.29) is 0 Å². The monoisotopic (exact) mass is 203 g/mol. The summed E-state index contributed by atoms with van der Waals surface area (Å²) >= 11 is 1.93. The Morgan fingerprint density at radius 3 is 2.15 bits per heavy atom. The van der Waals surface area contributed by atoms with Gasteiger partial charge in [0.25, 0.3) is 0 Å². The smallest absolute Gasteiger partial charge is 0.0225 e. The highest BCUT2D eigenvalue weighted by atomic mass is 32.2. The van der Waals surface area contributed by atoms with Gasteiger partial charge >= 0.3 is 0 Å². The maximum atomic E-state index is 3.64. The van der Waals surface area contributed by atoms with Crippen LogP contribution in [0.1, 0.15) is 41.0 Å². The molecule has 2 heteroatoms. The average Bonchev–Trinajstić information content (AvgIpc) is 2.05. The van der Waals surface area contributed by atoms with Crippen LogP contribution in [0.25, 0.3) is 0 Å². The zero-order chi connectivity index (χ0) is 10.5. The molecule has 13 heavy (non-hydrogen) atoms. The van der Waals surface area contributed by atoms with Gasteiger partial charge in [-0.2, -0.15) is 11.8 Å². The molecule has 0 rings (SSSR count). The molecule has 1 atom stereocenters. The highest BCUT2D eigenvalue weighted by Crippen LogP contribution is 2.20. The second-order valence-corrected chi connectivity index (χ2v) is 6.12. The van der Waals surface area contributed by atoms with Crippen LogP contribution in [0, 0.1) is 5.92 Å². The van der Waals surface area contributed by atoms with E-state index in [4.69, 9.17) is 0 Å². The lowest BCUT2D eigenvalue weighted by atomic mass is 10.0. The van der Waals surface area contributed by atoms with Crippen LogP contribution in [0.3, 0.4) is 0 Å². The zero-order valence-corrected chi connectivity index (χ0v) is 10.8. The van der Waals surface area contributed by atoms with E-state index in [0.29, 0.717) is 10.8 Å². The lowest BCUT2D eigenvalue weighted by Crippen LogP contribution is -2.41. The quantitative estimate of drug-likeness (QED) is 0.712. The van der Waals surface area contributed by atoms with E-state index in [2.05, 4.69) is 46.2 Å². The van der Waals surface area contributed by atoms with Crippen LogP contribution in [0.2, 0.25) is 0 Å². The van der Waals surface area contributed by atoms with Crippen molar-refractivity contribution in [1.29, 1.82) is 0 Å². The van der Waals surface area contributed by atoms with Crippen molar-refractivity contribution >= 4 is 11.8 Å². The Hall–Kier alpha value is 0.310. The first-order valence-corrected chi connectivity index (χ1v) is 6.44. The largest absolute Gasteiger partial charge is 0.312 e. The SMILES string of the molecule is CCC(NCC(C)(C)SC)C(C)C. The van der Waals surface area contributed by atoms with E-state index >= 15 is 0 Å². The molecule has 1 N–H and O–H groups in total. The van der Waals surface area contributed by atoms with E-state index in [0.717, 1.165) is 12.5 Å². The Kier molecular flexibility index (Phi) is 6.06. The van der Waals surface area contributed by atoms with Crippen LogP contribution in [-0.4, -0.2) is 23.6 Å². The van der Waals surface area contributed by atoms with Gasteiger partial charge in [-0.05, 0) is 32.4 Å². The molecular formula is C11H25NS. The number of hydrogen-bond donors (Lipinski definition) is 1. The van der Waals surface area contributed by atoms with Crippen molar-refractivity contribution in [3.63, 3.8) is 0 Å². The summed E-state index contributed by atoms with van der Waals surface area (Å²) in [6.45, 7) is 12.5. The van der Waals surface area contributed by atoms with E-state index < -0.39 is 0 Å². The molecule has 0 aromatic rings. The highest BCUT2D eigenvalue weighted by Gasteiger charge is 2.18. The van der Waals surface area contributed by atoms with Gasteiger partial charge in [-0.15, -0.1) is 0 Å². The second-order valence-electron chi connectivity index (χ2n) is 4.60. The molecule has 0 amide bonds. The van der Waals surface area contributed by atoms with Gasteiger partial charge in [0.2, 0.25) is 0 Å². The summed E-state index contributed by atoms with van der Waals surface area (Å²) < 4.78 is 0.363. The van der Waals surface area contributed by atoms with Crippen molar-refractivity contribution < 1.29 is 0 Å². The normalized spacial score (nSPS) is 15.0. The lowest BCUT2D eigenvalue weighted by Gasteiger charge is -2.28. The maximum absolute atomic E-state index is 3.64. The lowest BCUT2D eigenvalue weighted by molar-refractivity contribution is 0.377. The van der Waals surface area contributed by atoms with E-state index in [1.807, 2.05) is 11.8 Å². The first-order chi connectivity index (χ1) is 5.93. The van der Waals surface area contributed by atoms with Gasteiger partial charge in [-0.3, -0.25) is 0 Å². The fourth-order valence-corrected chi connectivity index (χ4v) is 1.53. The van der Waals surface area contributed by atoms with Crippen LogP contribution >= 0.6 is 11.8 Å². The van der Waals surface area contributed by atoms with Crippen molar-refractivity contribution in [2.24, 2.45) is 5.92 Å². The van der Waals surface area contributed by atoms with E-state index in [1.165, 1.54) is 6.42 Å². The third kappa shape index (κ3) is 5.58. The summed E-state index contributed by atoms with van der Waals surface area (Å²) in [5.41, 5.74) is 0. The molecular weight excluding hydrogens is 178 g/mol. The van der Waals surface area contributed by atoms with E-state index in [1.54, 1.807) is 0 Å². The Balaban J connectivity index is 3.85. The third-order valence-electron chi connectivity index (χ3n) is 2.59. The standard InChI is InChI=1S/C11H25NS/c1-7-10(9(2)3)12-8-11(4,5)13-6/h9-10,12H,7-8H2,1-6H3. The molecule has 0 bridgehead atoms. The number of nitrogens with one attached hydrogen (secondary N) is 1. The van der Waals surface area contributed by atoms with Crippen molar-refractivity contribution in [2.75, 3.05) is 12.8 Å². The average molecular weight is 203 g/mol. The number of thioether (sulfide) groups is 1. The molecule has 0 heterocycles. The Morgan fingerprint density at radius 1 is 1.31 bits per heavy atom. The van der Waals surface area contributed by atoms with Gasteiger partial charge in [0.15, 0.2) is 0 Å². The van der Waals surface area contributed by atoms with Crippen LogP contribution in [0.5, 0.6) is 0 Å². The summed E-state index contributed by atoms with van der Waals surface area (Å²) in [7, 11) is 0. The first-order valence-electron chi connectivity index (χ1n) is 5.21. The molecule has 0 aliphatic rings. The molecule has 0 aliphatic carbocycles. The topological polar surface area (TPSA) is 12.0 Å². The maximum Gasteiger partial charge on any atom is 0.0225 e. The van der Waals surface area contributed by atoms with Crippen molar-refractivity contribution in [2.45, 2.75) is 51.8 Å². The minimum atomic E-state index is 0.363. The second kappa shape index (κ2) is 5.92. The predicted molar refractivity (Wildman–Crippen MR) is 64.5 cm³/mol. The predicted octanol–water partition coefficient (Wildman–Crippen LogP) is 3.15. The van der Waals surface area contributed by atoms with Crippen molar-refractivity contribution in [3.8, 4) is 0 Å². The van der Waals surface area contributed by atoms with Gasteiger partial charge in [-0.1, -0.05) is 20.8 Å². The van der Waals surface area contributed by atoms with Crippen LogP contribution in [-0.2, 0) is 0 Å². The highest BCUT2D eigenvalue weighted by molar-refractivity contribution is 7.99. The molecule has 0 fully saturated rings. The number of hydrogen-bond acceptors (Lipinski definition) is 2. The number of rotatable bonds is 6. The zero-order valence-electron chi connectivity index (χ0n) is 9.98. The Bertz CT molecular complexity index is 132. The molecule has 0 saturated heterocycles. The summed E-state index contributed by atoms with van der Waals surface area (Å²) in [6, 6.07) is 0.673. The third-order valence-corrected chi connectivity index (χ3v) is 3.84. The van der Waals surface area contributed by atoms with Gasteiger partial charge in [0, 0.05) is 17.3 Å². The molecule has 0 saturated carbocycles. The fraction of sp³-hybridized carbons (Fsp3) is 1.00. The molecule has 0 aromatic heterocycles. The van der Waals surface area contributed by atoms with Crippen molar-refractivity contribution in [3.05, 3.63) is 0 Å². The van der Waals surface area contributed by atoms with Gasteiger partial charge in [0.05, 0.1) is 0 Å². The van der Waals surface area contributed by atoms with Gasteiger partial charge in [-0.25, -0.2) is 0 Å². The minimum absolute atomic E-state index is 0.363. The van der Waals surface area contributed by atoms with Crippen LogP contribution < -0.4 is 5.32 Å². The molecule has 0 radical (unpaired) electrons. The first kappa shape index (κ1) is 13.3. The van der Waals surface area contributed by atoms with E-state index in [9.17, 15) is 0 Å². The van der Waals surface area contributed by atoms with Crippen LogP contribution in [0.4, 0.5) is 0 Å². The summed E-state index contributed by atoms with van der Waals surface area (Å²) in [5, 5.41) is 3.64. The fourth-order valence-electron chi connectivity index (χ4n) is 1.30. The Labute approximate surface area is 88.1 Å².